The Hall–Kier alpha value is -0.870. The Kier molecular flexibility index (Phi) is 5.49. The molecule has 0 unspecified atom stereocenters. The van der Waals surface area contributed by atoms with Crippen molar-refractivity contribution in [3.05, 3.63) is 33.8 Å². The Bertz CT molecular complexity index is 366. The van der Waals surface area contributed by atoms with E-state index in [0.717, 1.165) is 16.5 Å². The van der Waals surface area contributed by atoms with Gasteiger partial charge in [0.05, 0.1) is 5.56 Å². The number of benzene rings is 1. The number of aryl methyl sites for hydroxylation is 1. The number of carbonyl (C=O) groups excluding carboxylic acids is 1. The van der Waals surface area contributed by atoms with Gasteiger partial charge in [-0.3, -0.25) is 4.79 Å². The van der Waals surface area contributed by atoms with E-state index in [0.29, 0.717) is 18.7 Å². The number of rotatable bonds is 5. The maximum Gasteiger partial charge on any atom is 0.252 e. The molecule has 0 aliphatic rings. The molecule has 0 bridgehead atoms. The second kappa shape index (κ2) is 6.66. The Labute approximate surface area is 104 Å². The quantitative estimate of drug-likeness (QED) is 0.845. The fourth-order valence-corrected chi connectivity index (χ4v) is 1.99. The minimum atomic E-state index is -0.0528. The van der Waals surface area contributed by atoms with Gasteiger partial charge in [-0.25, -0.2) is 0 Å². The lowest BCUT2D eigenvalue weighted by Gasteiger charge is -2.07. The third-order valence-electron chi connectivity index (χ3n) is 2.18. The van der Waals surface area contributed by atoms with E-state index in [9.17, 15) is 4.79 Å². The number of hydrogen-bond acceptors (Lipinski definition) is 2. The first-order valence-electron chi connectivity index (χ1n) is 5.18. The first-order valence-corrected chi connectivity index (χ1v) is 5.97. The summed E-state index contributed by atoms with van der Waals surface area (Å²) in [5, 5.41) is 2.85. The van der Waals surface area contributed by atoms with Crippen molar-refractivity contribution in [3.63, 3.8) is 0 Å². The Morgan fingerprint density at radius 1 is 1.50 bits per heavy atom. The molecule has 1 N–H and O–H groups in total. The highest BCUT2D eigenvalue weighted by Gasteiger charge is 2.08. The molecule has 3 nitrogen and oxygen atoms in total. The minimum absolute atomic E-state index is 0.0528. The third-order valence-corrected chi connectivity index (χ3v) is 2.84. The first kappa shape index (κ1) is 13.2. The summed E-state index contributed by atoms with van der Waals surface area (Å²) < 4.78 is 5.74. The van der Waals surface area contributed by atoms with E-state index >= 15 is 0 Å². The molecule has 0 heterocycles. The van der Waals surface area contributed by atoms with Crippen LogP contribution in [0, 0.1) is 6.92 Å². The summed E-state index contributed by atoms with van der Waals surface area (Å²) in [6.45, 7) is 3.29. The zero-order valence-electron chi connectivity index (χ0n) is 9.55. The van der Waals surface area contributed by atoms with Crippen molar-refractivity contribution in [2.24, 2.45) is 0 Å². The van der Waals surface area contributed by atoms with Crippen LogP contribution < -0.4 is 5.32 Å². The van der Waals surface area contributed by atoms with Crippen molar-refractivity contribution in [2.75, 3.05) is 20.3 Å². The SMILES string of the molecule is COCCCNC(=O)c1ccc(C)cc1Br. The average Bonchev–Trinajstić information content (AvgIpc) is 2.24. The van der Waals surface area contributed by atoms with Crippen molar-refractivity contribution >= 4 is 21.8 Å². The largest absolute Gasteiger partial charge is 0.385 e. The normalized spacial score (nSPS) is 10.2. The van der Waals surface area contributed by atoms with Gasteiger partial charge in [-0.2, -0.15) is 0 Å². The zero-order chi connectivity index (χ0) is 12.0. The van der Waals surface area contributed by atoms with Crippen LogP contribution in [-0.2, 0) is 4.74 Å². The molecule has 0 aliphatic heterocycles. The monoisotopic (exact) mass is 285 g/mol. The van der Waals surface area contributed by atoms with Crippen LogP contribution >= 0.6 is 15.9 Å². The van der Waals surface area contributed by atoms with Crippen LogP contribution in [0.5, 0.6) is 0 Å². The molecule has 16 heavy (non-hydrogen) atoms. The summed E-state index contributed by atoms with van der Waals surface area (Å²) in [6, 6.07) is 5.68. The van der Waals surface area contributed by atoms with Crippen LogP contribution in [0.2, 0.25) is 0 Å². The molecule has 0 atom stereocenters. The van der Waals surface area contributed by atoms with Crippen molar-refractivity contribution in [1.29, 1.82) is 0 Å². The number of carbonyl (C=O) groups is 1. The van der Waals surface area contributed by atoms with E-state index in [1.54, 1.807) is 7.11 Å². The predicted octanol–water partition coefficient (Wildman–Crippen LogP) is 2.52. The number of halogens is 1. The van der Waals surface area contributed by atoms with Gasteiger partial charge < -0.3 is 10.1 Å². The highest BCUT2D eigenvalue weighted by atomic mass is 79.9. The summed E-state index contributed by atoms with van der Waals surface area (Å²) in [6.07, 6.45) is 0.825. The maximum atomic E-state index is 11.8. The van der Waals surface area contributed by atoms with Crippen LogP contribution in [0.15, 0.2) is 22.7 Å². The summed E-state index contributed by atoms with van der Waals surface area (Å²) in [5.41, 5.74) is 1.80. The minimum Gasteiger partial charge on any atom is -0.385 e. The van der Waals surface area contributed by atoms with Crippen LogP contribution in [-0.4, -0.2) is 26.2 Å². The average molecular weight is 286 g/mol. The van der Waals surface area contributed by atoms with Crippen molar-refractivity contribution in [1.82, 2.24) is 5.32 Å². The standard InChI is InChI=1S/C12H16BrNO2/c1-9-4-5-10(11(13)8-9)12(15)14-6-3-7-16-2/h4-5,8H,3,6-7H2,1-2H3,(H,14,15). The Morgan fingerprint density at radius 3 is 2.88 bits per heavy atom. The van der Waals surface area contributed by atoms with Gasteiger partial charge in [0.25, 0.3) is 5.91 Å². The fourth-order valence-electron chi connectivity index (χ4n) is 1.32. The van der Waals surface area contributed by atoms with E-state index in [1.165, 1.54) is 0 Å². The Balaban J connectivity index is 2.53. The van der Waals surface area contributed by atoms with Gasteiger partial charge in [0, 0.05) is 24.7 Å². The smallest absolute Gasteiger partial charge is 0.252 e. The van der Waals surface area contributed by atoms with E-state index < -0.39 is 0 Å². The second-order valence-electron chi connectivity index (χ2n) is 3.59. The van der Waals surface area contributed by atoms with E-state index in [-0.39, 0.29) is 5.91 Å². The molecular formula is C12H16BrNO2. The van der Waals surface area contributed by atoms with Gasteiger partial charge in [-0.05, 0) is 47.0 Å². The first-order chi connectivity index (χ1) is 7.65. The lowest BCUT2D eigenvalue weighted by atomic mass is 10.1. The molecule has 1 aromatic rings. The summed E-state index contributed by atoms with van der Waals surface area (Å²) >= 11 is 3.38. The molecule has 0 saturated carbocycles. The summed E-state index contributed by atoms with van der Waals surface area (Å²) in [5.74, 6) is -0.0528. The topological polar surface area (TPSA) is 38.3 Å². The van der Waals surface area contributed by atoms with Gasteiger partial charge in [-0.15, -0.1) is 0 Å². The number of nitrogens with one attached hydrogen (secondary N) is 1. The molecule has 0 spiro atoms. The molecule has 4 heteroatoms. The van der Waals surface area contributed by atoms with Crippen LogP contribution in [0.4, 0.5) is 0 Å². The van der Waals surface area contributed by atoms with E-state index in [1.807, 2.05) is 25.1 Å². The molecule has 1 amide bonds. The Morgan fingerprint density at radius 2 is 2.25 bits per heavy atom. The fraction of sp³-hybridized carbons (Fsp3) is 0.417. The van der Waals surface area contributed by atoms with Crippen molar-refractivity contribution in [2.45, 2.75) is 13.3 Å². The molecule has 0 saturated heterocycles. The zero-order valence-corrected chi connectivity index (χ0v) is 11.1. The van der Waals surface area contributed by atoms with Crippen molar-refractivity contribution in [3.8, 4) is 0 Å². The lowest BCUT2D eigenvalue weighted by Crippen LogP contribution is -2.25. The molecular weight excluding hydrogens is 270 g/mol. The van der Waals surface area contributed by atoms with E-state index in [2.05, 4.69) is 21.2 Å². The van der Waals surface area contributed by atoms with E-state index in [4.69, 9.17) is 4.74 Å². The van der Waals surface area contributed by atoms with Gasteiger partial charge in [0.15, 0.2) is 0 Å². The predicted molar refractivity (Wildman–Crippen MR) is 67.7 cm³/mol. The molecule has 88 valence electrons. The van der Waals surface area contributed by atoms with Gasteiger partial charge in [-0.1, -0.05) is 6.07 Å². The highest BCUT2D eigenvalue weighted by molar-refractivity contribution is 9.10. The molecule has 1 rings (SSSR count). The second-order valence-corrected chi connectivity index (χ2v) is 4.44. The molecule has 0 aliphatic carbocycles. The molecule has 0 aromatic heterocycles. The number of methoxy groups -OCH3 is 1. The highest BCUT2D eigenvalue weighted by Crippen LogP contribution is 2.18. The van der Waals surface area contributed by atoms with Gasteiger partial charge >= 0.3 is 0 Å². The van der Waals surface area contributed by atoms with Gasteiger partial charge in [0.2, 0.25) is 0 Å². The number of amides is 1. The van der Waals surface area contributed by atoms with Crippen LogP contribution in [0.25, 0.3) is 0 Å². The molecule has 1 aromatic carbocycles. The number of ether oxygens (including phenoxy) is 1. The summed E-state index contributed by atoms with van der Waals surface area (Å²) in [4.78, 5) is 11.8. The molecule has 0 radical (unpaired) electrons. The van der Waals surface area contributed by atoms with Gasteiger partial charge in [0.1, 0.15) is 0 Å². The van der Waals surface area contributed by atoms with Crippen LogP contribution in [0.3, 0.4) is 0 Å². The summed E-state index contributed by atoms with van der Waals surface area (Å²) in [7, 11) is 1.65. The molecule has 0 fully saturated rings. The van der Waals surface area contributed by atoms with Crippen molar-refractivity contribution < 1.29 is 9.53 Å². The van der Waals surface area contributed by atoms with Crippen LogP contribution in [0.1, 0.15) is 22.3 Å². The maximum absolute atomic E-state index is 11.8. The number of hydrogen-bond donors (Lipinski definition) is 1. The third kappa shape index (κ3) is 3.94. The lowest BCUT2D eigenvalue weighted by molar-refractivity contribution is 0.0948.